The van der Waals surface area contributed by atoms with Gasteiger partial charge in [0.1, 0.15) is 23.6 Å². The van der Waals surface area contributed by atoms with Gasteiger partial charge in [-0.3, -0.25) is 4.79 Å². The van der Waals surface area contributed by atoms with E-state index in [-0.39, 0.29) is 0 Å². The van der Waals surface area contributed by atoms with Crippen LogP contribution in [-0.4, -0.2) is 40.8 Å². The second kappa shape index (κ2) is 7.07. The van der Waals surface area contributed by atoms with Crippen molar-refractivity contribution in [1.29, 1.82) is 0 Å². The first-order valence-corrected chi connectivity index (χ1v) is 7.38. The number of nitrogens with zero attached hydrogens (tertiary/aromatic N) is 2. The van der Waals surface area contributed by atoms with E-state index in [1.54, 1.807) is 32.9 Å². The molecule has 0 aromatic carbocycles. The van der Waals surface area contributed by atoms with Gasteiger partial charge in [-0.1, -0.05) is 6.07 Å². The average Bonchev–Trinajstić information content (AvgIpc) is 2.43. The van der Waals surface area contributed by atoms with Crippen LogP contribution in [0.1, 0.15) is 46.3 Å². The van der Waals surface area contributed by atoms with Crippen LogP contribution in [0.15, 0.2) is 18.3 Å². The Hall–Kier alpha value is -1.66. The third kappa shape index (κ3) is 4.96. The van der Waals surface area contributed by atoms with Gasteiger partial charge in [0.15, 0.2) is 0 Å². The molecule has 1 aromatic heterocycles. The number of rotatable bonds is 5. The molecule has 0 bridgehead atoms. The summed E-state index contributed by atoms with van der Waals surface area (Å²) in [6.07, 6.45) is 0.379. The van der Waals surface area contributed by atoms with Crippen molar-refractivity contribution >= 4 is 11.8 Å². The Bertz CT molecular complexity index is 494. The highest BCUT2D eigenvalue weighted by atomic mass is 16.6. The molecular weight excluding hydrogens is 282 g/mol. The molecule has 1 aromatic rings. The number of nitrogens with two attached hydrogens (primary N) is 1. The van der Waals surface area contributed by atoms with Crippen LogP contribution in [0.5, 0.6) is 0 Å². The Morgan fingerprint density at radius 2 is 1.95 bits per heavy atom. The summed E-state index contributed by atoms with van der Waals surface area (Å²) < 4.78 is 5.18. The zero-order valence-electron chi connectivity index (χ0n) is 14.2. The molecule has 2 atom stereocenters. The maximum absolute atomic E-state index is 11.9. The Labute approximate surface area is 132 Å². The fourth-order valence-electron chi connectivity index (χ4n) is 1.75. The van der Waals surface area contributed by atoms with E-state index in [9.17, 15) is 9.90 Å². The van der Waals surface area contributed by atoms with E-state index in [2.05, 4.69) is 18.8 Å². The van der Waals surface area contributed by atoms with E-state index in [1.165, 1.54) is 6.20 Å². The number of ether oxygens (including phenoxy) is 1. The van der Waals surface area contributed by atoms with E-state index < -0.39 is 23.7 Å². The van der Waals surface area contributed by atoms with Gasteiger partial charge in [-0.15, -0.1) is 0 Å². The van der Waals surface area contributed by atoms with E-state index in [4.69, 9.17) is 10.5 Å². The number of pyridine rings is 1. The lowest BCUT2D eigenvalue weighted by Crippen LogP contribution is -2.41. The van der Waals surface area contributed by atoms with E-state index in [0.717, 1.165) is 5.82 Å². The fourth-order valence-corrected chi connectivity index (χ4v) is 1.75. The van der Waals surface area contributed by atoms with Gasteiger partial charge < -0.3 is 20.5 Å². The van der Waals surface area contributed by atoms with Gasteiger partial charge in [-0.05, 0) is 40.7 Å². The number of carbonyl (C=O) groups excluding carboxylic acids is 1. The molecule has 0 aliphatic carbocycles. The standard InChI is InChI=1S/C16H27N3O3/c1-10(2)19(6)12-8-7-11(9-18-12)14(20)13(17)15(21)22-16(3,4)5/h7-10,13-14,20H,17H2,1-6H3/t13-,14-/m0/s1. The van der Waals surface area contributed by atoms with Gasteiger partial charge in [0.2, 0.25) is 0 Å². The van der Waals surface area contributed by atoms with Crippen LogP contribution in [-0.2, 0) is 9.53 Å². The van der Waals surface area contributed by atoms with Crippen molar-refractivity contribution in [3.63, 3.8) is 0 Å². The molecule has 0 radical (unpaired) electrons. The van der Waals surface area contributed by atoms with Crippen molar-refractivity contribution in [3.05, 3.63) is 23.9 Å². The number of hydrogen-bond acceptors (Lipinski definition) is 6. The minimum atomic E-state index is -1.15. The van der Waals surface area contributed by atoms with Crippen molar-refractivity contribution in [2.75, 3.05) is 11.9 Å². The van der Waals surface area contributed by atoms with Crippen molar-refractivity contribution in [1.82, 2.24) is 4.98 Å². The molecule has 1 heterocycles. The highest BCUT2D eigenvalue weighted by Crippen LogP contribution is 2.20. The number of aromatic nitrogens is 1. The van der Waals surface area contributed by atoms with Gasteiger partial charge in [-0.25, -0.2) is 4.98 Å². The maximum Gasteiger partial charge on any atom is 0.326 e. The van der Waals surface area contributed by atoms with Crippen LogP contribution in [0.25, 0.3) is 0 Å². The Morgan fingerprint density at radius 3 is 2.36 bits per heavy atom. The summed E-state index contributed by atoms with van der Waals surface area (Å²) in [5.41, 5.74) is 5.63. The third-order valence-corrected chi connectivity index (χ3v) is 3.27. The Morgan fingerprint density at radius 1 is 1.36 bits per heavy atom. The molecule has 0 aliphatic rings. The zero-order chi connectivity index (χ0) is 17.1. The number of hydrogen-bond donors (Lipinski definition) is 2. The van der Waals surface area contributed by atoms with Crippen LogP contribution >= 0.6 is 0 Å². The van der Waals surface area contributed by atoms with Gasteiger partial charge in [0, 0.05) is 24.8 Å². The number of anilines is 1. The predicted molar refractivity (Wildman–Crippen MR) is 86.6 cm³/mol. The second-order valence-electron chi connectivity index (χ2n) is 6.66. The summed E-state index contributed by atoms with van der Waals surface area (Å²) in [5, 5.41) is 10.2. The van der Waals surface area contributed by atoms with Crippen molar-refractivity contribution in [2.45, 2.75) is 58.4 Å². The summed E-state index contributed by atoms with van der Waals surface area (Å²) >= 11 is 0. The molecule has 124 valence electrons. The van der Waals surface area contributed by atoms with Crippen LogP contribution in [0.3, 0.4) is 0 Å². The van der Waals surface area contributed by atoms with Crippen LogP contribution < -0.4 is 10.6 Å². The molecule has 22 heavy (non-hydrogen) atoms. The molecule has 6 nitrogen and oxygen atoms in total. The lowest BCUT2D eigenvalue weighted by Gasteiger charge is -2.25. The number of esters is 1. The molecule has 0 saturated carbocycles. The number of aliphatic hydroxyl groups is 1. The van der Waals surface area contributed by atoms with E-state index >= 15 is 0 Å². The van der Waals surface area contributed by atoms with Gasteiger partial charge in [0.05, 0.1) is 0 Å². The normalized spacial score (nSPS) is 14.6. The van der Waals surface area contributed by atoms with Gasteiger partial charge in [-0.2, -0.15) is 0 Å². The molecule has 0 saturated heterocycles. The molecule has 3 N–H and O–H groups in total. The minimum absolute atomic E-state index is 0.312. The van der Waals surface area contributed by atoms with Crippen LogP contribution in [0, 0.1) is 0 Å². The molecular formula is C16H27N3O3. The number of carbonyl (C=O) groups is 1. The van der Waals surface area contributed by atoms with E-state index in [0.29, 0.717) is 11.6 Å². The molecule has 0 fully saturated rings. The largest absolute Gasteiger partial charge is 0.459 e. The summed E-state index contributed by atoms with van der Waals surface area (Å²) in [6, 6.07) is 2.68. The molecule has 0 unspecified atom stereocenters. The second-order valence-corrected chi connectivity index (χ2v) is 6.66. The van der Waals surface area contributed by atoms with Gasteiger partial charge in [0.25, 0.3) is 0 Å². The topological polar surface area (TPSA) is 88.7 Å². The third-order valence-electron chi connectivity index (χ3n) is 3.27. The molecule has 1 rings (SSSR count). The number of aliphatic hydroxyl groups excluding tert-OH is 1. The summed E-state index contributed by atoms with van der Waals surface area (Å²) in [6.45, 7) is 9.37. The first kappa shape index (κ1) is 18.4. The van der Waals surface area contributed by atoms with Gasteiger partial charge >= 0.3 is 5.97 Å². The zero-order valence-corrected chi connectivity index (χ0v) is 14.2. The highest BCUT2D eigenvalue weighted by molar-refractivity contribution is 5.77. The van der Waals surface area contributed by atoms with Crippen molar-refractivity contribution < 1.29 is 14.6 Å². The Kier molecular flexibility index (Phi) is 5.91. The minimum Gasteiger partial charge on any atom is -0.459 e. The SMILES string of the molecule is CC(C)N(C)c1ccc([C@H](O)[C@H](N)C(=O)OC(C)(C)C)cn1. The molecule has 0 aliphatic heterocycles. The van der Waals surface area contributed by atoms with Crippen LogP contribution in [0.2, 0.25) is 0 Å². The van der Waals surface area contributed by atoms with Crippen molar-refractivity contribution in [2.24, 2.45) is 5.73 Å². The molecule has 0 spiro atoms. The van der Waals surface area contributed by atoms with Crippen molar-refractivity contribution in [3.8, 4) is 0 Å². The first-order valence-electron chi connectivity index (χ1n) is 7.38. The molecule has 6 heteroatoms. The monoisotopic (exact) mass is 309 g/mol. The quantitative estimate of drug-likeness (QED) is 0.804. The highest BCUT2D eigenvalue weighted by Gasteiger charge is 2.29. The fraction of sp³-hybridized carbons (Fsp3) is 0.625. The lowest BCUT2D eigenvalue weighted by molar-refractivity contribution is -0.159. The summed E-state index contributed by atoms with van der Waals surface area (Å²) in [7, 11) is 1.94. The smallest absolute Gasteiger partial charge is 0.326 e. The lowest BCUT2D eigenvalue weighted by atomic mass is 10.0. The summed E-state index contributed by atoms with van der Waals surface area (Å²) in [4.78, 5) is 18.2. The average molecular weight is 309 g/mol. The summed E-state index contributed by atoms with van der Waals surface area (Å²) in [5.74, 6) is 0.153. The predicted octanol–water partition coefficient (Wildman–Crippen LogP) is 1.63. The molecule has 0 amide bonds. The Balaban J connectivity index is 2.81. The first-order chi connectivity index (χ1) is 10.0. The maximum atomic E-state index is 11.9. The van der Waals surface area contributed by atoms with Crippen LogP contribution in [0.4, 0.5) is 5.82 Å². The van der Waals surface area contributed by atoms with E-state index in [1.807, 2.05) is 11.9 Å².